The molecule has 0 aromatic carbocycles. The molecule has 1 aromatic rings. The van der Waals surface area contributed by atoms with Crippen molar-refractivity contribution in [3.05, 3.63) is 30.1 Å². The minimum Gasteiger partial charge on any atom is -0.314 e. The zero-order valence-electron chi connectivity index (χ0n) is 10.8. The molecule has 0 saturated carbocycles. The van der Waals surface area contributed by atoms with Gasteiger partial charge in [-0.15, -0.1) is 0 Å². The van der Waals surface area contributed by atoms with E-state index < -0.39 is 0 Å². The number of hydrogen-bond donors (Lipinski definition) is 1. The van der Waals surface area contributed by atoms with E-state index in [9.17, 15) is 0 Å². The molecule has 90 valence electrons. The molecule has 1 rings (SSSR count). The molecule has 0 aliphatic heterocycles. The topological polar surface area (TPSA) is 28.2 Å². The van der Waals surface area contributed by atoms with Gasteiger partial charge in [-0.25, -0.2) is 0 Å². The summed E-state index contributed by atoms with van der Waals surface area (Å²) in [6.07, 6.45) is 4.82. The Labute approximate surface area is 98.9 Å². The number of nitrogens with zero attached hydrogens (tertiary/aromatic N) is 2. The molecule has 0 fully saturated rings. The molecule has 1 heterocycles. The number of likely N-dealkylation sites (N-methyl/N-ethyl adjacent to an activating group) is 2. The molecule has 0 unspecified atom stereocenters. The average Bonchev–Trinajstić information content (AvgIpc) is 2.27. The first-order valence-electron chi connectivity index (χ1n) is 5.80. The Morgan fingerprint density at radius 3 is 2.75 bits per heavy atom. The zero-order valence-corrected chi connectivity index (χ0v) is 10.8. The van der Waals surface area contributed by atoms with Crippen molar-refractivity contribution in [1.82, 2.24) is 15.2 Å². The second kappa shape index (κ2) is 5.97. The minimum atomic E-state index is 0.170. The molecule has 0 bridgehead atoms. The quantitative estimate of drug-likeness (QED) is 0.790. The van der Waals surface area contributed by atoms with Gasteiger partial charge >= 0.3 is 0 Å². The van der Waals surface area contributed by atoms with E-state index in [0.29, 0.717) is 0 Å². The van der Waals surface area contributed by atoms with Crippen molar-refractivity contribution in [3.8, 4) is 0 Å². The lowest BCUT2D eigenvalue weighted by atomic mass is 10.1. The van der Waals surface area contributed by atoms with Crippen LogP contribution in [0.25, 0.3) is 0 Å². The SMILES string of the molecule is CNC(C)(C)CN(C)CCc1cccnc1. The third-order valence-electron chi connectivity index (χ3n) is 2.85. The van der Waals surface area contributed by atoms with Crippen LogP contribution in [0.4, 0.5) is 0 Å². The van der Waals surface area contributed by atoms with Gasteiger partial charge in [-0.05, 0) is 46.0 Å². The number of pyridine rings is 1. The van der Waals surface area contributed by atoms with E-state index in [1.807, 2.05) is 25.5 Å². The molecule has 0 saturated heterocycles. The van der Waals surface area contributed by atoms with E-state index in [1.54, 1.807) is 0 Å². The summed E-state index contributed by atoms with van der Waals surface area (Å²) in [5, 5.41) is 3.32. The Hall–Kier alpha value is -0.930. The molecule has 1 N–H and O–H groups in total. The molecule has 0 aliphatic carbocycles. The van der Waals surface area contributed by atoms with Gasteiger partial charge in [0.25, 0.3) is 0 Å². The summed E-state index contributed by atoms with van der Waals surface area (Å²) in [5.74, 6) is 0. The molecule has 3 nitrogen and oxygen atoms in total. The van der Waals surface area contributed by atoms with E-state index in [2.05, 4.69) is 42.2 Å². The molecular formula is C13H23N3. The first-order chi connectivity index (χ1) is 7.53. The lowest BCUT2D eigenvalue weighted by Crippen LogP contribution is -2.46. The Bertz CT molecular complexity index is 295. The third-order valence-corrected chi connectivity index (χ3v) is 2.85. The maximum absolute atomic E-state index is 4.12. The summed E-state index contributed by atoms with van der Waals surface area (Å²) in [7, 11) is 4.17. The summed E-state index contributed by atoms with van der Waals surface area (Å²) in [6, 6.07) is 4.12. The van der Waals surface area contributed by atoms with Crippen molar-refractivity contribution in [2.75, 3.05) is 27.2 Å². The Morgan fingerprint density at radius 2 is 2.19 bits per heavy atom. The molecule has 0 aliphatic rings. The number of rotatable bonds is 6. The fourth-order valence-corrected chi connectivity index (χ4v) is 1.70. The zero-order chi connectivity index (χ0) is 12.0. The van der Waals surface area contributed by atoms with Crippen LogP contribution in [-0.4, -0.2) is 42.6 Å². The normalized spacial score (nSPS) is 12.1. The summed E-state index contributed by atoms with van der Waals surface area (Å²) in [5.41, 5.74) is 1.47. The second-order valence-corrected chi connectivity index (χ2v) is 4.98. The lowest BCUT2D eigenvalue weighted by molar-refractivity contribution is 0.246. The van der Waals surface area contributed by atoms with Gasteiger partial charge in [0.05, 0.1) is 0 Å². The van der Waals surface area contributed by atoms with Crippen molar-refractivity contribution in [1.29, 1.82) is 0 Å². The van der Waals surface area contributed by atoms with Crippen LogP contribution >= 0.6 is 0 Å². The van der Waals surface area contributed by atoms with Gasteiger partial charge in [0.2, 0.25) is 0 Å². The lowest BCUT2D eigenvalue weighted by Gasteiger charge is -2.30. The van der Waals surface area contributed by atoms with E-state index in [-0.39, 0.29) is 5.54 Å². The maximum Gasteiger partial charge on any atom is 0.0300 e. The highest BCUT2D eigenvalue weighted by Gasteiger charge is 2.16. The van der Waals surface area contributed by atoms with Gasteiger partial charge in [0.15, 0.2) is 0 Å². The number of aromatic nitrogens is 1. The van der Waals surface area contributed by atoms with Gasteiger partial charge in [0.1, 0.15) is 0 Å². The van der Waals surface area contributed by atoms with Crippen LogP contribution in [0.2, 0.25) is 0 Å². The highest BCUT2D eigenvalue weighted by Crippen LogP contribution is 2.04. The van der Waals surface area contributed by atoms with Crippen molar-refractivity contribution in [2.24, 2.45) is 0 Å². The van der Waals surface area contributed by atoms with Crippen molar-refractivity contribution >= 4 is 0 Å². The highest BCUT2D eigenvalue weighted by atomic mass is 15.1. The van der Waals surface area contributed by atoms with Crippen LogP contribution in [0, 0.1) is 0 Å². The van der Waals surface area contributed by atoms with Gasteiger partial charge < -0.3 is 10.2 Å². The summed E-state index contributed by atoms with van der Waals surface area (Å²) in [4.78, 5) is 6.47. The minimum absolute atomic E-state index is 0.170. The monoisotopic (exact) mass is 221 g/mol. The van der Waals surface area contributed by atoms with E-state index in [0.717, 1.165) is 19.5 Å². The predicted octanol–water partition coefficient (Wildman–Crippen LogP) is 1.55. The standard InChI is InChI=1S/C13H23N3/c1-13(2,14-3)11-16(4)9-7-12-6-5-8-15-10-12/h5-6,8,10,14H,7,9,11H2,1-4H3. The molecule has 0 radical (unpaired) electrons. The first-order valence-corrected chi connectivity index (χ1v) is 5.80. The van der Waals surface area contributed by atoms with Gasteiger partial charge in [-0.2, -0.15) is 0 Å². The van der Waals surface area contributed by atoms with Gasteiger partial charge in [-0.1, -0.05) is 6.07 Å². The van der Waals surface area contributed by atoms with E-state index in [4.69, 9.17) is 0 Å². The molecule has 3 heteroatoms. The van der Waals surface area contributed by atoms with Gasteiger partial charge in [0, 0.05) is 31.0 Å². The summed E-state index contributed by atoms with van der Waals surface area (Å²) < 4.78 is 0. The van der Waals surface area contributed by atoms with Crippen LogP contribution in [0.1, 0.15) is 19.4 Å². The smallest absolute Gasteiger partial charge is 0.0300 e. The van der Waals surface area contributed by atoms with E-state index >= 15 is 0 Å². The van der Waals surface area contributed by atoms with E-state index in [1.165, 1.54) is 5.56 Å². The molecule has 1 aromatic heterocycles. The van der Waals surface area contributed by atoms with Crippen molar-refractivity contribution < 1.29 is 0 Å². The van der Waals surface area contributed by atoms with Crippen LogP contribution in [0.15, 0.2) is 24.5 Å². The Kier molecular flexibility index (Phi) is 4.90. The highest BCUT2D eigenvalue weighted by molar-refractivity contribution is 5.08. The number of nitrogens with one attached hydrogen (secondary N) is 1. The fraction of sp³-hybridized carbons (Fsp3) is 0.615. The first kappa shape index (κ1) is 13.1. The largest absolute Gasteiger partial charge is 0.314 e. The molecular weight excluding hydrogens is 198 g/mol. The molecule has 16 heavy (non-hydrogen) atoms. The van der Waals surface area contributed by atoms with Crippen molar-refractivity contribution in [3.63, 3.8) is 0 Å². The van der Waals surface area contributed by atoms with Gasteiger partial charge in [-0.3, -0.25) is 4.98 Å². The van der Waals surface area contributed by atoms with Crippen molar-refractivity contribution in [2.45, 2.75) is 25.8 Å². The van der Waals surface area contributed by atoms with Crippen LogP contribution in [0.5, 0.6) is 0 Å². The molecule has 0 amide bonds. The summed E-state index contributed by atoms with van der Waals surface area (Å²) in [6.45, 7) is 6.54. The van der Waals surface area contributed by atoms with Crippen LogP contribution in [0.3, 0.4) is 0 Å². The number of hydrogen-bond acceptors (Lipinski definition) is 3. The summed E-state index contributed by atoms with van der Waals surface area (Å²) >= 11 is 0. The van der Waals surface area contributed by atoms with Crippen LogP contribution in [-0.2, 0) is 6.42 Å². The third kappa shape index (κ3) is 4.73. The fourth-order valence-electron chi connectivity index (χ4n) is 1.70. The second-order valence-electron chi connectivity index (χ2n) is 4.98. The van der Waals surface area contributed by atoms with Crippen LogP contribution < -0.4 is 5.32 Å². The Morgan fingerprint density at radius 1 is 1.44 bits per heavy atom. The Balaban J connectivity index is 2.33. The average molecular weight is 221 g/mol. The molecule has 0 atom stereocenters. The molecule has 0 spiro atoms. The predicted molar refractivity (Wildman–Crippen MR) is 68.6 cm³/mol. The maximum atomic E-state index is 4.12.